The fraction of sp³-hybridized carbons (Fsp3) is 0.357. The second kappa shape index (κ2) is 5.79. The maximum absolute atomic E-state index is 11.9. The number of halogens is 1. The van der Waals surface area contributed by atoms with Gasteiger partial charge in [0.25, 0.3) is 0 Å². The number of benzene rings is 1. The van der Waals surface area contributed by atoms with E-state index in [1.807, 2.05) is 13.8 Å². The highest BCUT2D eigenvalue weighted by molar-refractivity contribution is 7.90. The van der Waals surface area contributed by atoms with Crippen LogP contribution >= 0.6 is 11.6 Å². The molecule has 21 heavy (non-hydrogen) atoms. The van der Waals surface area contributed by atoms with E-state index < -0.39 is 15.9 Å². The maximum atomic E-state index is 11.9. The van der Waals surface area contributed by atoms with Crippen molar-refractivity contribution in [3.05, 3.63) is 46.3 Å². The Labute approximate surface area is 128 Å². The van der Waals surface area contributed by atoms with E-state index in [2.05, 4.69) is 5.16 Å². The lowest BCUT2D eigenvalue weighted by Crippen LogP contribution is -2.09. The molecule has 0 saturated carbocycles. The van der Waals surface area contributed by atoms with Gasteiger partial charge in [-0.1, -0.05) is 36.7 Å². The molecule has 1 heterocycles. The molecule has 1 unspecified atom stereocenters. The van der Waals surface area contributed by atoms with Crippen LogP contribution in [0.15, 0.2) is 33.8 Å². The van der Waals surface area contributed by atoms with Crippen LogP contribution in [0.3, 0.4) is 0 Å². The van der Waals surface area contributed by atoms with Gasteiger partial charge in [-0.05, 0) is 12.1 Å². The molecule has 0 saturated heterocycles. The highest BCUT2D eigenvalue weighted by Crippen LogP contribution is 2.33. The van der Waals surface area contributed by atoms with E-state index in [9.17, 15) is 13.5 Å². The molecule has 1 aromatic carbocycles. The van der Waals surface area contributed by atoms with Gasteiger partial charge in [0.15, 0.2) is 9.84 Å². The average molecular weight is 330 g/mol. The summed E-state index contributed by atoms with van der Waals surface area (Å²) < 4.78 is 28.9. The Morgan fingerprint density at radius 3 is 2.52 bits per heavy atom. The van der Waals surface area contributed by atoms with Gasteiger partial charge in [-0.3, -0.25) is 0 Å². The summed E-state index contributed by atoms with van der Waals surface area (Å²) in [7, 11) is -3.52. The molecule has 0 spiro atoms. The fourth-order valence-electron chi connectivity index (χ4n) is 2.12. The van der Waals surface area contributed by atoms with E-state index in [1.54, 1.807) is 0 Å². The van der Waals surface area contributed by atoms with Crippen LogP contribution in [0, 0.1) is 0 Å². The van der Waals surface area contributed by atoms with Crippen LogP contribution in [0.1, 0.15) is 42.8 Å². The molecule has 0 aliphatic carbocycles. The number of sulfone groups is 1. The number of hydrogen-bond donors (Lipinski definition) is 1. The monoisotopic (exact) mass is 329 g/mol. The number of aromatic nitrogens is 1. The Hall–Kier alpha value is -1.37. The Bertz CT molecular complexity index is 752. The molecular weight excluding hydrogens is 314 g/mol. The molecule has 0 aliphatic heterocycles. The Morgan fingerprint density at radius 2 is 1.95 bits per heavy atom. The molecule has 0 aliphatic rings. The Balaban J connectivity index is 2.59. The molecule has 1 aromatic heterocycles. The normalized spacial score (nSPS) is 13.6. The third kappa shape index (κ3) is 3.28. The minimum absolute atomic E-state index is 0.00148. The standard InChI is InChI=1S/C14H16ClNO4S/c1-8(2)14-11(7-16-20-14)13(17)10-5-4-9(15)6-12(10)21(3,18)19/h4-8,13,17H,1-3H3. The summed E-state index contributed by atoms with van der Waals surface area (Å²) in [4.78, 5) is -0.00148. The van der Waals surface area contributed by atoms with Gasteiger partial charge >= 0.3 is 0 Å². The number of aliphatic hydroxyl groups excluding tert-OH is 1. The minimum atomic E-state index is -3.52. The Morgan fingerprint density at radius 1 is 1.29 bits per heavy atom. The smallest absolute Gasteiger partial charge is 0.175 e. The second-order valence-corrected chi connectivity index (χ2v) is 7.58. The molecule has 0 radical (unpaired) electrons. The first-order valence-electron chi connectivity index (χ1n) is 6.34. The minimum Gasteiger partial charge on any atom is -0.383 e. The summed E-state index contributed by atoms with van der Waals surface area (Å²) in [6.07, 6.45) is 1.34. The summed E-state index contributed by atoms with van der Waals surface area (Å²) >= 11 is 5.86. The van der Waals surface area contributed by atoms with E-state index in [0.29, 0.717) is 16.3 Å². The first kappa shape index (κ1) is 16.0. The van der Waals surface area contributed by atoms with Crippen LogP contribution < -0.4 is 0 Å². The number of nitrogens with zero attached hydrogens (tertiary/aromatic N) is 1. The first-order chi connectivity index (χ1) is 9.71. The summed E-state index contributed by atoms with van der Waals surface area (Å²) in [5.41, 5.74) is 0.712. The van der Waals surface area contributed by atoms with Gasteiger partial charge < -0.3 is 9.63 Å². The lowest BCUT2D eigenvalue weighted by molar-refractivity contribution is 0.213. The van der Waals surface area contributed by atoms with Crippen LogP contribution in [0.4, 0.5) is 0 Å². The van der Waals surface area contributed by atoms with Crippen LogP contribution in [-0.4, -0.2) is 24.9 Å². The van der Waals surface area contributed by atoms with Gasteiger partial charge in [0.1, 0.15) is 11.9 Å². The van der Waals surface area contributed by atoms with Crippen LogP contribution in [0.25, 0.3) is 0 Å². The molecule has 2 aromatic rings. The third-order valence-corrected chi connectivity index (χ3v) is 4.50. The van der Waals surface area contributed by atoms with E-state index >= 15 is 0 Å². The van der Waals surface area contributed by atoms with Crippen molar-refractivity contribution in [2.24, 2.45) is 0 Å². The SMILES string of the molecule is CC(C)c1oncc1C(O)c1ccc(Cl)cc1S(C)(=O)=O. The first-order valence-corrected chi connectivity index (χ1v) is 8.60. The predicted octanol–water partition coefficient (Wildman–Crippen LogP) is 2.94. The van der Waals surface area contributed by atoms with Gasteiger partial charge in [0.2, 0.25) is 0 Å². The largest absolute Gasteiger partial charge is 0.383 e. The molecule has 0 fully saturated rings. The van der Waals surface area contributed by atoms with Crippen LogP contribution in [0.5, 0.6) is 0 Å². The zero-order valence-electron chi connectivity index (χ0n) is 11.9. The van der Waals surface area contributed by atoms with Crippen molar-refractivity contribution in [2.75, 3.05) is 6.26 Å². The van der Waals surface area contributed by atoms with Gasteiger partial charge in [-0.15, -0.1) is 0 Å². The van der Waals surface area contributed by atoms with Crippen molar-refractivity contribution in [1.82, 2.24) is 5.16 Å². The molecule has 2 rings (SSSR count). The van der Waals surface area contributed by atoms with Crippen molar-refractivity contribution in [3.63, 3.8) is 0 Å². The topological polar surface area (TPSA) is 80.4 Å². The molecule has 0 bridgehead atoms. The Kier molecular flexibility index (Phi) is 4.41. The molecule has 114 valence electrons. The second-order valence-electron chi connectivity index (χ2n) is 5.16. The summed E-state index contributed by atoms with van der Waals surface area (Å²) in [5, 5.41) is 14.5. The highest BCUT2D eigenvalue weighted by Gasteiger charge is 2.25. The fourth-order valence-corrected chi connectivity index (χ4v) is 3.31. The van der Waals surface area contributed by atoms with E-state index in [4.69, 9.17) is 16.1 Å². The molecule has 5 nitrogen and oxygen atoms in total. The van der Waals surface area contributed by atoms with E-state index in [1.165, 1.54) is 24.4 Å². The highest BCUT2D eigenvalue weighted by atomic mass is 35.5. The molecule has 0 amide bonds. The third-order valence-electron chi connectivity index (χ3n) is 3.12. The maximum Gasteiger partial charge on any atom is 0.175 e. The van der Waals surface area contributed by atoms with Crippen molar-refractivity contribution >= 4 is 21.4 Å². The zero-order chi connectivity index (χ0) is 15.8. The molecule has 1 N–H and O–H groups in total. The predicted molar refractivity (Wildman–Crippen MR) is 79.2 cm³/mol. The lowest BCUT2D eigenvalue weighted by Gasteiger charge is -2.15. The number of hydrogen-bond acceptors (Lipinski definition) is 5. The number of aliphatic hydroxyl groups is 1. The molecule has 1 atom stereocenters. The van der Waals surface area contributed by atoms with Crippen LogP contribution in [0.2, 0.25) is 5.02 Å². The quantitative estimate of drug-likeness (QED) is 0.932. The van der Waals surface area contributed by atoms with E-state index in [0.717, 1.165) is 6.26 Å². The number of rotatable bonds is 4. The van der Waals surface area contributed by atoms with Gasteiger partial charge in [-0.2, -0.15) is 0 Å². The summed E-state index contributed by atoms with van der Waals surface area (Å²) in [6, 6.07) is 4.37. The van der Waals surface area contributed by atoms with Gasteiger partial charge in [0.05, 0.1) is 11.1 Å². The van der Waals surface area contributed by atoms with Crippen molar-refractivity contribution in [3.8, 4) is 0 Å². The zero-order valence-corrected chi connectivity index (χ0v) is 13.4. The summed E-state index contributed by atoms with van der Waals surface area (Å²) in [5.74, 6) is 0.544. The molecule has 7 heteroatoms. The van der Waals surface area contributed by atoms with E-state index in [-0.39, 0.29) is 16.4 Å². The van der Waals surface area contributed by atoms with Crippen molar-refractivity contribution < 1.29 is 18.0 Å². The van der Waals surface area contributed by atoms with Gasteiger partial charge in [-0.25, -0.2) is 8.42 Å². The summed E-state index contributed by atoms with van der Waals surface area (Å²) in [6.45, 7) is 3.80. The lowest BCUT2D eigenvalue weighted by atomic mass is 9.98. The average Bonchev–Trinajstić information content (AvgIpc) is 2.86. The van der Waals surface area contributed by atoms with Crippen molar-refractivity contribution in [2.45, 2.75) is 30.8 Å². The van der Waals surface area contributed by atoms with Crippen molar-refractivity contribution in [1.29, 1.82) is 0 Å². The molecular formula is C14H16ClNO4S. The van der Waals surface area contributed by atoms with Gasteiger partial charge in [0, 0.05) is 28.3 Å². The van der Waals surface area contributed by atoms with Crippen LogP contribution in [-0.2, 0) is 9.84 Å².